The van der Waals surface area contributed by atoms with Crippen molar-refractivity contribution in [2.45, 2.75) is 30.4 Å². The summed E-state index contributed by atoms with van der Waals surface area (Å²) in [5.74, 6) is -4.81. The summed E-state index contributed by atoms with van der Waals surface area (Å²) in [4.78, 5) is 23.2. The van der Waals surface area contributed by atoms with E-state index in [9.17, 15) is 18.4 Å². The molecule has 0 radical (unpaired) electrons. The molecule has 21 heavy (non-hydrogen) atoms. The van der Waals surface area contributed by atoms with Crippen LogP contribution in [0.1, 0.15) is 30.1 Å². The number of halogens is 2. The van der Waals surface area contributed by atoms with Crippen molar-refractivity contribution in [3.8, 4) is 0 Å². The molecular formula is C14H17F2NO3S. The number of carboxylic acid groups (broad SMARTS) is 1. The minimum atomic E-state index is -2.62. The lowest BCUT2D eigenvalue weighted by atomic mass is 10.0. The Morgan fingerprint density at radius 1 is 1.33 bits per heavy atom. The third kappa shape index (κ3) is 5.71. The molecule has 0 saturated heterocycles. The van der Waals surface area contributed by atoms with E-state index in [4.69, 9.17) is 5.11 Å². The van der Waals surface area contributed by atoms with Crippen LogP contribution in [0.3, 0.4) is 0 Å². The third-order valence-corrected chi connectivity index (χ3v) is 3.63. The van der Waals surface area contributed by atoms with Crippen molar-refractivity contribution in [3.63, 3.8) is 0 Å². The molecule has 0 saturated carbocycles. The molecule has 0 aliphatic carbocycles. The Bertz CT molecular complexity index is 497. The van der Waals surface area contributed by atoms with Crippen LogP contribution in [-0.4, -0.2) is 29.3 Å². The maximum atomic E-state index is 12.4. The molecule has 116 valence electrons. The molecule has 1 aromatic rings. The van der Waals surface area contributed by atoms with Gasteiger partial charge in [-0.2, -0.15) is 8.78 Å². The number of thioether (sulfide) groups is 1. The minimum Gasteiger partial charge on any atom is -0.481 e. The molecule has 1 unspecified atom stereocenters. The van der Waals surface area contributed by atoms with Crippen LogP contribution >= 0.6 is 11.8 Å². The first kappa shape index (κ1) is 17.4. The summed E-state index contributed by atoms with van der Waals surface area (Å²) < 4.78 is 24.9. The highest BCUT2D eigenvalue weighted by Crippen LogP contribution is 2.28. The van der Waals surface area contributed by atoms with Gasteiger partial charge in [0.15, 0.2) is 0 Å². The van der Waals surface area contributed by atoms with Crippen molar-refractivity contribution in [1.29, 1.82) is 0 Å². The standard InChI is InChI=1S/C14H17F2NO3S/c1-2-5-9(13(19)20)8-17-12(18)10-6-3-4-7-11(10)21-14(15)16/h3-4,6-7,9,14H,2,5,8H2,1H3,(H,17,18)(H,19,20). The van der Waals surface area contributed by atoms with Crippen molar-refractivity contribution in [3.05, 3.63) is 29.8 Å². The quantitative estimate of drug-likeness (QED) is 0.722. The Labute approximate surface area is 125 Å². The van der Waals surface area contributed by atoms with Crippen molar-refractivity contribution >= 4 is 23.6 Å². The van der Waals surface area contributed by atoms with E-state index in [1.54, 1.807) is 12.1 Å². The molecule has 0 aliphatic heterocycles. The Morgan fingerprint density at radius 2 is 2.00 bits per heavy atom. The van der Waals surface area contributed by atoms with Gasteiger partial charge in [0.1, 0.15) is 0 Å². The fourth-order valence-corrected chi connectivity index (χ4v) is 2.46. The molecule has 0 bridgehead atoms. The van der Waals surface area contributed by atoms with E-state index >= 15 is 0 Å². The molecule has 1 aromatic carbocycles. The van der Waals surface area contributed by atoms with Gasteiger partial charge in [-0.1, -0.05) is 37.2 Å². The zero-order valence-electron chi connectivity index (χ0n) is 11.5. The molecule has 0 fully saturated rings. The summed E-state index contributed by atoms with van der Waals surface area (Å²) in [6.07, 6.45) is 1.13. The molecule has 1 rings (SSSR count). The van der Waals surface area contributed by atoms with Crippen molar-refractivity contribution in [2.24, 2.45) is 5.92 Å². The number of alkyl halides is 2. The lowest BCUT2D eigenvalue weighted by Crippen LogP contribution is -2.33. The number of benzene rings is 1. The van der Waals surface area contributed by atoms with Gasteiger partial charge in [-0.25, -0.2) is 0 Å². The second-order valence-corrected chi connectivity index (χ2v) is 5.44. The Balaban J connectivity index is 2.73. The van der Waals surface area contributed by atoms with E-state index < -0.39 is 23.6 Å². The first-order valence-corrected chi connectivity index (χ1v) is 7.38. The molecule has 0 heterocycles. The monoisotopic (exact) mass is 317 g/mol. The number of rotatable bonds is 8. The molecule has 2 N–H and O–H groups in total. The summed E-state index contributed by atoms with van der Waals surface area (Å²) >= 11 is 0.294. The normalized spacial score (nSPS) is 12.2. The Morgan fingerprint density at radius 3 is 2.57 bits per heavy atom. The smallest absolute Gasteiger partial charge is 0.308 e. The average Bonchev–Trinajstić information content (AvgIpc) is 2.42. The summed E-state index contributed by atoms with van der Waals surface area (Å²) in [7, 11) is 0. The van der Waals surface area contributed by atoms with Gasteiger partial charge < -0.3 is 10.4 Å². The van der Waals surface area contributed by atoms with Gasteiger partial charge >= 0.3 is 5.97 Å². The van der Waals surface area contributed by atoms with Gasteiger partial charge in [-0.15, -0.1) is 0 Å². The lowest BCUT2D eigenvalue weighted by molar-refractivity contribution is -0.141. The van der Waals surface area contributed by atoms with E-state index in [0.717, 1.165) is 0 Å². The molecule has 0 aromatic heterocycles. The fraction of sp³-hybridized carbons (Fsp3) is 0.429. The van der Waals surface area contributed by atoms with Crippen LogP contribution in [0, 0.1) is 5.92 Å². The molecular weight excluding hydrogens is 300 g/mol. The number of hydrogen-bond acceptors (Lipinski definition) is 3. The van der Waals surface area contributed by atoms with Gasteiger partial charge in [-0.3, -0.25) is 9.59 Å². The number of hydrogen-bond donors (Lipinski definition) is 2. The van der Waals surface area contributed by atoms with E-state index in [1.807, 2.05) is 6.92 Å². The topological polar surface area (TPSA) is 66.4 Å². The second-order valence-electron chi connectivity index (χ2n) is 4.41. The maximum absolute atomic E-state index is 12.4. The third-order valence-electron chi connectivity index (χ3n) is 2.84. The summed E-state index contributed by atoms with van der Waals surface area (Å²) in [5, 5.41) is 11.5. The minimum absolute atomic E-state index is 0.0182. The van der Waals surface area contributed by atoms with E-state index in [0.29, 0.717) is 24.6 Å². The highest BCUT2D eigenvalue weighted by molar-refractivity contribution is 7.99. The van der Waals surface area contributed by atoms with Crippen molar-refractivity contribution < 1.29 is 23.5 Å². The van der Waals surface area contributed by atoms with Crippen LogP contribution < -0.4 is 5.32 Å². The molecule has 4 nitrogen and oxygen atoms in total. The highest BCUT2D eigenvalue weighted by Gasteiger charge is 2.19. The summed E-state index contributed by atoms with van der Waals surface area (Å²) in [6.45, 7) is 1.84. The predicted octanol–water partition coefficient (Wildman–Crippen LogP) is 3.23. The summed E-state index contributed by atoms with van der Waals surface area (Å²) in [5.41, 5.74) is 0.128. The van der Waals surface area contributed by atoms with E-state index in [-0.39, 0.29) is 17.0 Å². The number of carboxylic acids is 1. The number of nitrogens with one attached hydrogen (secondary N) is 1. The number of carbonyl (C=O) groups is 2. The average molecular weight is 317 g/mol. The van der Waals surface area contributed by atoms with Gasteiger partial charge in [0, 0.05) is 11.4 Å². The zero-order valence-corrected chi connectivity index (χ0v) is 12.3. The summed E-state index contributed by atoms with van der Waals surface area (Å²) in [6, 6.07) is 6.02. The highest BCUT2D eigenvalue weighted by atomic mass is 32.2. The largest absolute Gasteiger partial charge is 0.481 e. The van der Waals surface area contributed by atoms with Gasteiger partial charge in [0.25, 0.3) is 11.7 Å². The van der Waals surface area contributed by atoms with Gasteiger partial charge in [0.2, 0.25) is 0 Å². The van der Waals surface area contributed by atoms with Crippen LogP contribution in [-0.2, 0) is 4.79 Å². The van der Waals surface area contributed by atoms with Crippen LogP contribution in [0.25, 0.3) is 0 Å². The van der Waals surface area contributed by atoms with E-state index in [1.165, 1.54) is 12.1 Å². The van der Waals surface area contributed by atoms with Crippen LogP contribution in [0.4, 0.5) is 8.78 Å². The first-order valence-electron chi connectivity index (χ1n) is 6.50. The van der Waals surface area contributed by atoms with Crippen LogP contribution in [0.5, 0.6) is 0 Å². The maximum Gasteiger partial charge on any atom is 0.308 e. The Hall–Kier alpha value is -1.63. The predicted molar refractivity (Wildman–Crippen MR) is 76.7 cm³/mol. The second kappa shape index (κ2) is 8.61. The first-order chi connectivity index (χ1) is 9.95. The number of carbonyl (C=O) groups excluding carboxylic acids is 1. The van der Waals surface area contributed by atoms with E-state index in [2.05, 4.69) is 5.32 Å². The Kier molecular flexibility index (Phi) is 7.14. The van der Waals surface area contributed by atoms with Gasteiger partial charge in [-0.05, 0) is 18.6 Å². The SMILES string of the molecule is CCCC(CNC(=O)c1ccccc1SC(F)F)C(=O)O. The molecule has 0 spiro atoms. The zero-order chi connectivity index (χ0) is 15.8. The lowest BCUT2D eigenvalue weighted by Gasteiger charge is -2.13. The van der Waals surface area contributed by atoms with Crippen molar-refractivity contribution in [1.82, 2.24) is 5.32 Å². The molecule has 7 heteroatoms. The number of aliphatic carboxylic acids is 1. The molecule has 0 aliphatic rings. The van der Waals surface area contributed by atoms with Gasteiger partial charge in [0.05, 0.1) is 11.5 Å². The van der Waals surface area contributed by atoms with Crippen molar-refractivity contribution in [2.75, 3.05) is 6.54 Å². The fourth-order valence-electron chi connectivity index (χ4n) is 1.83. The number of amides is 1. The van der Waals surface area contributed by atoms with Crippen LogP contribution in [0.15, 0.2) is 29.2 Å². The molecule has 1 atom stereocenters. The van der Waals surface area contributed by atoms with Crippen LogP contribution in [0.2, 0.25) is 0 Å². The molecule has 1 amide bonds.